The van der Waals surface area contributed by atoms with Crippen molar-refractivity contribution in [3.8, 4) is 5.75 Å². The molecule has 1 aliphatic rings. The van der Waals surface area contributed by atoms with E-state index < -0.39 is 28.0 Å². The summed E-state index contributed by atoms with van der Waals surface area (Å²) in [5.74, 6) is -3.38. The minimum absolute atomic E-state index is 0.0339. The zero-order valence-corrected chi connectivity index (χ0v) is 11.8. The average molecular weight is 305 g/mol. The van der Waals surface area contributed by atoms with Gasteiger partial charge in [-0.1, -0.05) is 30.9 Å². The normalized spacial score (nSPS) is 17.8. The number of hydrogen-bond acceptors (Lipinski definition) is 2. The summed E-state index contributed by atoms with van der Waals surface area (Å²) in [5, 5.41) is 8.90. The summed E-state index contributed by atoms with van der Waals surface area (Å²) in [6.07, 6.45) is 2.97. The Labute approximate surface area is 120 Å². The molecule has 0 spiro atoms. The highest BCUT2D eigenvalue weighted by Crippen LogP contribution is 2.46. The van der Waals surface area contributed by atoms with Gasteiger partial charge >= 0.3 is 5.97 Å². The van der Waals surface area contributed by atoms with E-state index in [1.807, 2.05) is 0 Å². The molecule has 3 nitrogen and oxygen atoms in total. The average Bonchev–Trinajstić information content (AvgIpc) is 2.45. The first-order valence-corrected chi connectivity index (χ1v) is 6.77. The number of ether oxygens (including phenoxy) is 1. The lowest BCUT2D eigenvalue weighted by molar-refractivity contribution is -0.145. The molecule has 1 aliphatic carbocycles. The Morgan fingerprint density at radius 2 is 1.95 bits per heavy atom. The van der Waals surface area contributed by atoms with E-state index in [4.69, 9.17) is 16.3 Å². The standard InChI is InChI=1S/C14H15ClF2O3/c1-20-12-8(7-9(16)10(15)11(12)17)14(13(18)19)5-3-2-4-6-14/h7H,2-6H2,1H3,(H,18,19). The van der Waals surface area contributed by atoms with Crippen molar-refractivity contribution in [1.82, 2.24) is 0 Å². The number of hydrogen-bond donors (Lipinski definition) is 1. The van der Waals surface area contributed by atoms with E-state index in [0.29, 0.717) is 25.7 Å². The SMILES string of the molecule is COc1c(C2(C(=O)O)CCCCC2)cc(F)c(Cl)c1F. The van der Waals surface area contributed by atoms with E-state index in [1.54, 1.807) is 0 Å². The number of carboxylic acid groups (broad SMARTS) is 1. The summed E-state index contributed by atoms with van der Waals surface area (Å²) < 4.78 is 32.7. The van der Waals surface area contributed by atoms with Crippen molar-refractivity contribution in [3.63, 3.8) is 0 Å². The largest absolute Gasteiger partial charge is 0.493 e. The zero-order chi connectivity index (χ0) is 14.9. The highest BCUT2D eigenvalue weighted by atomic mass is 35.5. The maximum atomic E-state index is 14.0. The van der Waals surface area contributed by atoms with Crippen LogP contribution in [-0.2, 0) is 10.2 Å². The predicted octanol–water partition coefficient (Wildman–Crippen LogP) is 3.91. The van der Waals surface area contributed by atoms with Gasteiger partial charge in [-0.15, -0.1) is 0 Å². The topological polar surface area (TPSA) is 46.5 Å². The van der Waals surface area contributed by atoms with E-state index in [-0.39, 0.29) is 11.3 Å². The van der Waals surface area contributed by atoms with Crippen molar-refractivity contribution >= 4 is 17.6 Å². The van der Waals surface area contributed by atoms with Gasteiger partial charge in [0, 0.05) is 5.56 Å². The Morgan fingerprint density at radius 1 is 1.35 bits per heavy atom. The molecular weight excluding hydrogens is 290 g/mol. The minimum atomic E-state index is -1.31. The maximum Gasteiger partial charge on any atom is 0.314 e. The number of aliphatic carboxylic acids is 1. The Balaban J connectivity index is 2.68. The summed E-state index contributed by atoms with van der Waals surface area (Å²) in [5.41, 5.74) is -1.28. The second-order valence-electron chi connectivity index (χ2n) is 5.02. The lowest BCUT2D eigenvalue weighted by Crippen LogP contribution is -2.38. The van der Waals surface area contributed by atoms with Gasteiger partial charge in [0.1, 0.15) is 10.8 Å². The van der Waals surface area contributed by atoms with E-state index in [2.05, 4.69) is 0 Å². The first-order chi connectivity index (χ1) is 9.44. The third-order valence-corrected chi connectivity index (χ3v) is 4.30. The molecule has 0 unspecified atom stereocenters. The van der Waals surface area contributed by atoms with Crippen LogP contribution in [0, 0.1) is 11.6 Å². The molecular formula is C14H15ClF2O3. The van der Waals surface area contributed by atoms with Gasteiger partial charge in [-0.25, -0.2) is 8.78 Å². The third kappa shape index (κ3) is 2.24. The van der Waals surface area contributed by atoms with E-state index in [0.717, 1.165) is 12.5 Å². The molecule has 1 N–H and O–H groups in total. The molecule has 0 bridgehead atoms. The van der Waals surface area contributed by atoms with Crippen LogP contribution in [-0.4, -0.2) is 18.2 Å². The minimum Gasteiger partial charge on any atom is -0.493 e. The smallest absolute Gasteiger partial charge is 0.314 e. The maximum absolute atomic E-state index is 14.0. The summed E-state index contributed by atoms with van der Waals surface area (Å²) >= 11 is 5.52. The van der Waals surface area contributed by atoms with Crippen LogP contribution in [0.5, 0.6) is 5.75 Å². The Morgan fingerprint density at radius 3 is 2.45 bits per heavy atom. The van der Waals surface area contributed by atoms with Gasteiger partial charge in [0.25, 0.3) is 0 Å². The van der Waals surface area contributed by atoms with Crippen molar-refractivity contribution < 1.29 is 23.4 Å². The second-order valence-corrected chi connectivity index (χ2v) is 5.39. The molecule has 1 fully saturated rings. The van der Waals surface area contributed by atoms with Crippen LogP contribution < -0.4 is 4.74 Å². The van der Waals surface area contributed by atoms with Crippen LogP contribution >= 0.6 is 11.6 Å². The molecule has 0 saturated heterocycles. The number of benzene rings is 1. The highest BCUT2D eigenvalue weighted by molar-refractivity contribution is 6.31. The quantitative estimate of drug-likeness (QED) is 0.861. The van der Waals surface area contributed by atoms with Crippen molar-refractivity contribution in [2.24, 2.45) is 0 Å². The Hall–Kier alpha value is -1.36. The first kappa shape index (κ1) is 15.0. The van der Waals surface area contributed by atoms with Crippen LogP contribution in [0.1, 0.15) is 37.7 Å². The van der Waals surface area contributed by atoms with Crippen LogP contribution in [0.15, 0.2) is 6.07 Å². The number of carbonyl (C=O) groups is 1. The number of rotatable bonds is 3. The molecule has 0 aliphatic heterocycles. The van der Waals surface area contributed by atoms with Crippen molar-refractivity contribution in [2.75, 3.05) is 7.11 Å². The highest BCUT2D eigenvalue weighted by Gasteiger charge is 2.44. The zero-order valence-electron chi connectivity index (χ0n) is 11.0. The number of carboxylic acids is 1. The molecule has 20 heavy (non-hydrogen) atoms. The molecule has 0 heterocycles. The monoisotopic (exact) mass is 304 g/mol. The molecule has 2 rings (SSSR count). The van der Waals surface area contributed by atoms with E-state index in [9.17, 15) is 18.7 Å². The molecule has 0 amide bonds. The van der Waals surface area contributed by atoms with Crippen LogP contribution in [0.2, 0.25) is 5.02 Å². The summed E-state index contributed by atoms with van der Waals surface area (Å²) in [4.78, 5) is 11.7. The van der Waals surface area contributed by atoms with Crippen molar-refractivity contribution in [2.45, 2.75) is 37.5 Å². The fourth-order valence-electron chi connectivity index (χ4n) is 2.89. The van der Waals surface area contributed by atoms with Gasteiger partial charge in [0.2, 0.25) is 0 Å². The van der Waals surface area contributed by atoms with Gasteiger partial charge in [0.15, 0.2) is 11.6 Å². The molecule has 1 saturated carbocycles. The van der Waals surface area contributed by atoms with Crippen LogP contribution in [0.3, 0.4) is 0 Å². The molecule has 1 aromatic rings. The van der Waals surface area contributed by atoms with Gasteiger partial charge in [-0.2, -0.15) is 0 Å². The van der Waals surface area contributed by atoms with Gasteiger partial charge in [-0.3, -0.25) is 4.79 Å². The lowest BCUT2D eigenvalue weighted by atomic mass is 9.69. The molecule has 0 radical (unpaired) electrons. The van der Waals surface area contributed by atoms with E-state index in [1.165, 1.54) is 7.11 Å². The molecule has 0 atom stereocenters. The summed E-state index contributed by atoms with van der Waals surface area (Å²) in [6, 6.07) is 0.990. The Kier molecular flexibility index (Phi) is 4.18. The van der Waals surface area contributed by atoms with Gasteiger partial charge in [-0.05, 0) is 18.9 Å². The third-order valence-electron chi connectivity index (χ3n) is 3.95. The van der Waals surface area contributed by atoms with Gasteiger partial charge < -0.3 is 9.84 Å². The van der Waals surface area contributed by atoms with Crippen molar-refractivity contribution in [3.05, 3.63) is 28.3 Å². The number of methoxy groups -OCH3 is 1. The predicted molar refractivity (Wildman–Crippen MR) is 70.3 cm³/mol. The van der Waals surface area contributed by atoms with Gasteiger partial charge in [0.05, 0.1) is 12.5 Å². The second kappa shape index (κ2) is 5.56. The lowest BCUT2D eigenvalue weighted by Gasteiger charge is -2.34. The molecule has 6 heteroatoms. The van der Waals surface area contributed by atoms with Crippen molar-refractivity contribution in [1.29, 1.82) is 0 Å². The Bertz CT molecular complexity index is 540. The van der Waals surface area contributed by atoms with E-state index >= 15 is 0 Å². The van der Waals surface area contributed by atoms with Crippen LogP contribution in [0.4, 0.5) is 8.78 Å². The molecule has 110 valence electrons. The fraction of sp³-hybridized carbons (Fsp3) is 0.500. The summed E-state index contributed by atoms with van der Waals surface area (Å²) in [7, 11) is 1.22. The van der Waals surface area contributed by atoms with Crippen LogP contribution in [0.25, 0.3) is 0 Å². The molecule has 0 aromatic heterocycles. The number of halogens is 3. The fourth-order valence-corrected chi connectivity index (χ4v) is 3.03. The first-order valence-electron chi connectivity index (χ1n) is 6.39. The summed E-state index contributed by atoms with van der Waals surface area (Å²) in [6.45, 7) is 0. The molecule has 1 aromatic carbocycles.